The van der Waals surface area contributed by atoms with Crippen molar-refractivity contribution in [1.29, 1.82) is 0 Å². The SMILES string of the molecule is Cc1ncc2c(n1)CCC(NC(=O)c1cc(F)c[nH]1)C2. The Kier molecular flexibility index (Phi) is 3.22. The Bertz CT molecular complexity index is 652. The molecule has 0 aliphatic heterocycles. The number of aromatic nitrogens is 3. The van der Waals surface area contributed by atoms with Crippen LogP contribution in [-0.4, -0.2) is 26.9 Å². The molecule has 2 N–H and O–H groups in total. The Morgan fingerprint density at radius 3 is 3.15 bits per heavy atom. The molecule has 20 heavy (non-hydrogen) atoms. The molecule has 1 aliphatic rings. The number of aromatic amines is 1. The van der Waals surface area contributed by atoms with E-state index >= 15 is 0 Å². The minimum Gasteiger partial charge on any atom is -0.355 e. The highest BCUT2D eigenvalue weighted by molar-refractivity contribution is 5.92. The Hall–Kier alpha value is -2.24. The minimum atomic E-state index is -0.437. The van der Waals surface area contributed by atoms with Crippen molar-refractivity contribution in [1.82, 2.24) is 20.3 Å². The van der Waals surface area contributed by atoms with Gasteiger partial charge in [0.2, 0.25) is 0 Å². The molecular weight excluding hydrogens is 259 g/mol. The van der Waals surface area contributed by atoms with Crippen LogP contribution in [0.4, 0.5) is 4.39 Å². The van der Waals surface area contributed by atoms with Gasteiger partial charge in [-0.05, 0) is 31.7 Å². The van der Waals surface area contributed by atoms with Crippen LogP contribution in [0.25, 0.3) is 0 Å². The molecule has 0 bridgehead atoms. The maximum absolute atomic E-state index is 12.9. The van der Waals surface area contributed by atoms with Crippen molar-refractivity contribution in [3.63, 3.8) is 0 Å². The van der Waals surface area contributed by atoms with Gasteiger partial charge in [-0.25, -0.2) is 14.4 Å². The van der Waals surface area contributed by atoms with E-state index in [4.69, 9.17) is 0 Å². The third kappa shape index (κ3) is 2.54. The average molecular weight is 274 g/mol. The van der Waals surface area contributed by atoms with Gasteiger partial charge in [0.1, 0.15) is 17.3 Å². The molecule has 6 heteroatoms. The first-order valence-corrected chi connectivity index (χ1v) is 6.58. The number of rotatable bonds is 2. The predicted molar refractivity (Wildman–Crippen MR) is 70.8 cm³/mol. The zero-order valence-electron chi connectivity index (χ0n) is 11.1. The summed E-state index contributed by atoms with van der Waals surface area (Å²) in [6, 6.07) is 1.23. The molecule has 2 aromatic rings. The second-order valence-electron chi connectivity index (χ2n) is 5.03. The molecule has 1 amide bonds. The Morgan fingerprint density at radius 2 is 2.40 bits per heavy atom. The maximum Gasteiger partial charge on any atom is 0.268 e. The molecular formula is C14H15FN4O. The standard InChI is InChI=1S/C14H15FN4O/c1-8-16-6-9-4-11(2-3-12(9)18-8)19-14(20)13-5-10(15)7-17-13/h5-7,11,17H,2-4H2,1H3,(H,19,20). The number of nitrogens with zero attached hydrogens (tertiary/aromatic N) is 2. The van der Waals surface area contributed by atoms with Crippen LogP contribution in [0, 0.1) is 12.7 Å². The Balaban J connectivity index is 1.68. The van der Waals surface area contributed by atoms with Crippen molar-refractivity contribution in [2.75, 3.05) is 0 Å². The summed E-state index contributed by atoms with van der Waals surface area (Å²) in [5.74, 6) is 0.0523. The van der Waals surface area contributed by atoms with Crippen molar-refractivity contribution in [3.8, 4) is 0 Å². The molecule has 2 heterocycles. The van der Waals surface area contributed by atoms with Crippen LogP contribution in [0.1, 0.15) is 34.0 Å². The van der Waals surface area contributed by atoms with Crippen LogP contribution in [0.2, 0.25) is 0 Å². The van der Waals surface area contributed by atoms with Gasteiger partial charge in [-0.1, -0.05) is 0 Å². The molecule has 5 nitrogen and oxygen atoms in total. The van der Waals surface area contributed by atoms with Crippen LogP contribution >= 0.6 is 0 Å². The number of nitrogens with one attached hydrogen (secondary N) is 2. The summed E-state index contributed by atoms with van der Waals surface area (Å²) in [5, 5.41) is 2.91. The van der Waals surface area contributed by atoms with E-state index in [0.717, 1.165) is 29.9 Å². The summed E-state index contributed by atoms with van der Waals surface area (Å²) in [7, 11) is 0. The van der Waals surface area contributed by atoms with Gasteiger partial charge in [0.25, 0.3) is 5.91 Å². The first kappa shape index (κ1) is 12.8. The zero-order chi connectivity index (χ0) is 14.1. The smallest absolute Gasteiger partial charge is 0.268 e. The van der Waals surface area contributed by atoms with E-state index in [1.54, 1.807) is 0 Å². The molecule has 1 aliphatic carbocycles. The summed E-state index contributed by atoms with van der Waals surface area (Å²) < 4.78 is 12.9. The number of fused-ring (bicyclic) bond motifs is 1. The number of carbonyl (C=O) groups is 1. The second-order valence-corrected chi connectivity index (χ2v) is 5.03. The number of carbonyl (C=O) groups excluding carboxylic acids is 1. The minimum absolute atomic E-state index is 0.0349. The number of amides is 1. The molecule has 0 saturated heterocycles. The summed E-state index contributed by atoms with van der Waals surface area (Å²) in [4.78, 5) is 23.2. The van der Waals surface area contributed by atoms with Crippen LogP contribution in [0.5, 0.6) is 0 Å². The summed E-state index contributed by atoms with van der Waals surface area (Å²) >= 11 is 0. The van der Waals surface area contributed by atoms with Gasteiger partial charge >= 0.3 is 0 Å². The first-order valence-electron chi connectivity index (χ1n) is 6.58. The molecule has 0 saturated carbocycles. The van der Waals surface area contributed by atoms with Crippen molar-refractivity contribution < 1.29 is 9.18 Å². The fourth-order valence-electron chi connectivity index (χ4n) is 2.49. The fourth-order valence-corrected chi connectivity index (χ4v) is 2.49. The fraction of sp³-hybridized carbons (Fsp3) is 0.357. The summed E-state index contributed by atoms with van der Waals surface area (Å²) in [6.07, 6.45) is 5.36. The van der Waals surface area contributed by atoms with Crippen molar-refractivity contribution in [3.05, 3.63) is 47.1 Å². The maximum atomic E-state index is 12.9. The lowest BCUT2D eigenvalue weighted by Crippen LogP contribution is -2.39. The van der Waals surface area contributed by atoms with E-state index in [-0.39, 0.29) is 17.6 Å². The van der Waals surface area contributed by atoms with E-state index in [1.165, 1.54) is 12.3 Å². The third-order valence-corrected chi connectivity index (χ3v) is 3.50. The number of halogens is 1. The summed E-state index contributed by atoms with van der Waals surface area (Å²) in [6.45, 7) is 1.87. The second kappa shape index (κ2) is 5.03. The van der Waals surface area contributed by atoms with Crippen LogP contribution in [0.3, 0.4) is 0 Å². The monoisotopic (exact) mass is 274 g/mol. The lowest BCUT2D eigenvalue weighted by atomic mass is 9.92. The van der Waals surface area contributed by atoms with Crippen LogP contribution < -0.4 is 5.32 Å². The Labute approximate surface area is 115 Å². The quantitative estimate of drug-likeness (QED) is 0.872. The zero-order valence-corrected chi connectivity index (χ0v) is 11.1. The highest BCUT2D eigenvalue weighted by Gasteiger charge is 2.22. The Morgan fingerprint density at radius 1 is 1.55 bits per heavy atom. The lowest BCUT2D eigenvalue weighted by molar-refractivity contribution is 0.0929. The van der Waals surface area contributed by atoms with E-state index in [9.17, 15) is 9.18 Å². The normalized spacial score (nSPS) is 17.6. The average Bonchev–Trinajstić information content (AvgIpc) is 2.86. The van der Waals surface area contributed by atoms with E-state index in [1.807, 2.05) is 13.1 Å². The third-order valence-electron chi connectivity index (χ3n) is 3.50. The molecule has 0 spiro atoms. The van der Waals surface area contributed by atoms with Crippen molar-refractivity contribution >= 4 is 5.91 Å². The van der Waals surface area contributed by atoms with Crippen molar-refractivity contribution in [2.45, 2.75) is 32.2 Å². The number of aryl methyl sites for hydroxylation is 2. The van der Waals surface area contributed by atoms with E-state index in [2.05, 4.69) is 20.3 Å². The van der Waals surface area contributed by atoms with Crippen molar-refractivity contribution in [2.24, 2.45) is 0 Å². The number of H-pyrrole nitrogens is 1. The van der Waals surface area contributed by atoms with Crippen LogP contribution in [0.15, 0.2) is 18.5 Å². The molecule has 2 aromatic heterocycles. The summed E-state index contributed by atoms with van der Waals surface area (Å²) in [5.41, 5.74) is 2.38. The van der Waals surface area contributed by atoms with Gasteiger partial charge in [0.05, 0.1) is 0 Å². The van der Waals surface area contributed by atoms with E-state index < -0.39 is 5.82 Å². The molecule has 0 radical (unpaired) electrons. The number of hydrogen-bond donors (Lipinski definition) is 2. The van der Waals surface area contributed by atoms with Gasteiger partial charge in [-0.2, -0.15) is 0 Å². The van der Waals surface area contributed by atoms with Crippen LogP contribution in [-0.2, 0) is 12.8 Å². The van der Waals surface area contributed by atoms with E-state index in [0.29, 0.717) is 6.42 Å². The molecule has 0 fully saturated rings. The topological polar surface area (TPSA) is 70.7 Å². The molecule has 1 atom stereocenters. The first-order chi connectivity index (χ1) is 9.61. The highest BCUT2D eigenvalue weighted by atomic mass is 19.1. The van der Waals surface area contributed by atoms with Gasteiger partial charge in [-0.3, -0.25) is 4.79 Å². The largest absolute Gasteiger partial charge is 0.355 e. The lowest BCUT2D eigenvalue weighted by Gasteiger charge is -2.24. The molecule has 3 rings (SSSR count). The predicted octanol–water partition coefficient (Wildman–Crippen LogP) is 1.54. The highest BCUT2D eigenvalue weighted by Crippen LogP contribution is 2.19. The number of hydrogen-bond acceptors (Lipinski definition) is 3. The molecule has 104 valence electrons. The van der Waals surface area contributed by atoms with Gasteiger partial charge in [-0.15, -0.1) is 0 Å². The van der Waals surface area contributed by atoms with Gasteiger partial charge in [0.15, 0.2) is 0 Å². The van der Waals surface area contributed by atoms with Gasteiger partial charge in [0, 0.05) is 30.2 Å². The molecule has 1 unspecified atom stereocenters. The molecule has 0 aromatic carbocycles. The van der Waals surface area contributed by atoms with Gasteiger partial charge < -0.3 is 10.3 Å².